The Morgan fingerprint density at radius 2 is 1.94 bits per heavy atom. The lowest BCUT2D eigenvalue weighted by Crippen LogP contribution is -2.28. The zero-order valence-electron chi connectivity index (χ0n) is 10.1. The highest BCUT2D eigenvalue weighted by atomic mass is 16.1. The lowest BCUT2D eigenvalue weighted by Gasteiger charge is -2.24. The molecule has 1 saturated carbocycles. The van der Waals surface area contributed by atoms with E-state index in [9.17, 15) is 4.79 Å². The smallest absolute Gasteiger partial charge is 0.307 e. The minimum Gasteiger partial charge on any atom is -0.307 e. The molecule has 17 heavy (non-hydrogen) atoms. The summed E-state index contributed by atoms with van der Waals surface area (Å²) in [4.78, 5) is 11.9. The molecule has 1 aromatic rings. The van der Waals surface area contributed by atoms with Crippen LogP contribution in [0.15, 0.2) is 4.79 Å². The lowest BCUT2D eigenvalue weighted by atomic mass is 9.95. The molecular formula is C12H20N4O. The van der Waals surface area contributed by atoms with Gasteiger partial charge in [-0.1, -0.05) is 19.3 Å². The van der Waals surface area contributed by atoms with E-state index >= 15 is 0 Å². The van der Waals surface area contributed by atoms with Crippen molar-refractivity contribution in [3.8, 4) is 0 Å². The zero-order valence-corrected chi connectivity index (χ0v) is 10.1. The van der Waals surface area contributed by atoms with E-state index in [-0.39, 0.29) is 11.7 Å². The monoisotopic (exact) mass is 236 g/mol. The van der Waals surface area contributed by atoms with Gasteiger partial charge in [0.2, 0.25) is 0 Å². The standard InChI is InChI=1S/C12H20N4O/c17-12-15-14-11(10-7-4-8-13-10)16(12)9-5-2-1-3-6-9/h9-10,13H,1-8H2,(H,15,17). The van der Waals surface area contributed by atoms with E-state index < -0.39 is 0 Å². The molecule has 1 unspecified atom stereocenters. The second-order valence-electron chi connectivity index (χ2n) is 5.20. The van der Waals surface area contributed by atoms with Gasteiger partial charge >= 0.3 is 5.69 Å². The second-order valence-corrected chi connectivity index (χ2v) is 5.20. The number of aromatic amines is 1. The molecule has 3 rings (SSSR count). The maximum Gasteiger partial charge on any atom is 0.343 e. The van der Waals surface area contributed by atoms with Crippen molar-refractivity contribution in [2.24, 2.45) is 0 Å². The molecule has 2 N–H and O–H groups in total. The van der Waals surface area contributed by atoms with E-state index in [1.165, 1.54) is 25.7 Å². The average Bonchev–Trinajstić information content (AvgIpc) is 2.98. The molecular weight excluding hydrogens is 216 g/mol. The van der Waals surface area contributed by atoms with E-state index in [0.717, 1.165) is 31.6 Å². The Bertz CT molecular complexity index is 424. The van der Waals surface area contributed by atoms with Gasteiger partial charge in [-0.25, -0.2) is 9.89 Å². The molecule has 2 fully saturated rings. The summed E-state index contributed by atoms with van der Waals surface area (Å²) >= 11 is 0. The zero-order chi connectivity index (χ0) is 11.7. The molecule has 5 nitrogen and oxygen atoms in total. The van der Waals surface area contributed by atoms with Crippen LogP contribution >= 0.6 is 0 Å². The SMILES string of the molecule is O=c1[nH]nc(C2CCCN2)n1C1CCCCC1. The summed E-state index contributed by atoms with van der Waals surface area (Å²) in [6.45, 7) is 1.04. The normalized spacial score (nSPS) is 26.5. The van der Waals surface area contributed by atoms with Gasteiger partial charge in [-0.15, -0.1) is 0 Å². The van der Waals surface area contributed by atoms with Gasteiger partial charge in [-0.3, -0.25) is 4.57 Å². The minimum absolute atomic E-state index is 0.0272. The molecule has 94 valence electrons. The highest BCUT2D eigenvalue weighted by Crippen LogP contribution is 2.30. The largest absolute Gasteiger partial charge is 0.343 e. The fourth-order valence-corrected chi connectivity index (χ4v) is 3.16. The van der Waals surface area contributed by atoms with Gasteiger partial charge in [-0.2, -0.15) is 5.10 Å². The average molecular weight is 236 g/mol. The van der Waals surface area contributed by atoms with Crippen molar-refractivity contribution in [1.82, 2.24) is 20.1 Å². The summed E-state index contributed by atoms with van der Waals surface area (Å²) in [7, 11) is 0. The Morgan fingerprint density at radius 3 is 2.65 bits per heavy atom. The fourth-order valence-electron chi connectivity index (χ4n) is 3.16. The van der Waals surface area contributed by atoms with E-state index in [1.807, 2.05) is 4.57 Å². The third-order valence-electron chi connectivity index (χ3n) is 4.04. The van der Waals surface area contributed by atoms with Crippen LogP contribution < -0.4 is 11.0 Å². The Morgan fingerprint density at radius 1 is 1.12 bits per heavy atom. The predicted octanol–water partition coefficient (Wildman–Crippen LogP) is 1.50. The molecule has 1 aliphatic carbocycles. The topological polar surface area (TPSA) is 62.7 Å². The molecule has 5 heteroatoms. The van der Waals surface area contributed by atoms with E-state index in [0.29, 0.717) is 6.04 Å². The van der Waals surface area contributed by atoms with Crippen molar-refractivity contribution in [2.45, 2.75) is 57.0 Å². The third-order valence-corrected chi connectivity index (χ3v) is 4.04. The van der Waals surface area contributed by atoms with Crippen LogP contribution in [0.4, 0.5) is 0 Å². The molecule has 2 aliphatic rings. The maximum absolute atomic E-state index is 11.9. The van der Waals surface area contributed by atoms with Crippen molar-refractivity contribution in [1.29, 1.82) is 0 Å². The van der Waals surface area contributed by atoms with Gasteiger partial charge in [0, 0.05) is 6.04 Å². The summed E-state index contributed by atoms with van der Waals surface area (Å²) in [5.41, 5.74) is -0.0272. The number of H-pyrrole nitrogens is 1. The number of aromatic nitrogens is 3. The van der Waals surface area contributed by atoms with Crippen molar-refractivity contribution in [2.75, 3.05) is 6.54 Å². The first kappa shape index (κ1) is 11.0. The predicted molar refractivity (Wildman–Crippen MR) is 64.9 cm³/mol. The third kappa shape index (κ3) is 2.04. The van der Waals surface area contributed by atoms with E-state index in [1.54, 1.807) is 0 Å². The summed E-state index contributed by atoms with van der Waals surface area (Å²) in [6, 6.07) is 0.642. The number of hydrogen-bond acceptors (Lipinski definition) is 3. The number of rotatable bonds is 2. The summed E-state index contributed by atoms with van der Waals surface area (Å²) in [6.07, 6.45) is 8.30. The van der Waals surface area contributed by atoms with Gasteiger partial charge in [0.1, 0.15) is 0 Å². The van der Waals surface area contributed by atoms with Crippen molar-refractivity contribution in [3.63, 3.8) is 0 Å². The molecule has 0 amide bonds. The first-order valence-electron chi connectivity index (χ1n) is 6.76. The van der Waals surface area contributed by atoms with E-state index in [4.69, 9.17) is 0 Å². The van der Waals surface area contributed by atoms with Crippen LogP contribution in [0.1, 0.15) is 62.9 Å². The molecule has 1 aromatic heterocycles. The fraction of sp³-hybridized carbons (Fsp3) is 0.833. The molecule has 0 aromatic carbocycles. The molecule has 0 radical (unpaired) electrons. The van der Waals surface area contributed by atoms with Gasteiger partial charge in [0.25, 0.3) is 0 Å². The van der Waals surface area contributed by atoms with Gasteiger partial charge in [0.15, 0.2) is 5.82 Å². The molecule has 2 heterocycles. The van der Waals surface area contributed by atoms with Crippen LogP contribution in [0.2, 0.25) is 0 Å². The molecule has 1 saturated heterocycles. The number of nitrogens with zero attached hydrogens (tertiary/aromatic N) is 2. The molecule has 0 spiro atoms. The Kier molecular flexibility index (Phi) is 3.01. The number of nitrogens with one attached hydrogen (secondary N) is 2. The Balaban J connectivity index is 1.90. The van der Waals surface area contributed by atoms with Crippen molar-refractivity contribution < 1.29 is 0 Å². The second kappa shape index (κ2) is 4.64. The van der Waals surface area contributed by atoms with Gasteiger partial charge in [-0.05, 0) is 32.2 Å². The highest BCUT2D eigenvalue weighted by molar-refractivity contribution is 5.00. The van der Waals surface area contributed by atoms with Crippen LogP contribution in [0.3, 0.4) is 0 Å². The molecule has 1 atom stereocenters. The van der Waals surface area contributed by atoms with Crippen LogP contribution in [0.25, 0.3) is 0 Å². The first-order valence-corrected chi connectivity index (χ1v) is 6.76. The number of hydrogen-bond donors (Lipinski definition) is 2. The van der Waals surface area contributed by atoms with Gasteiger partial charge in [0.05, 0.1) is 6.04 Å². The summed E-state index contributed by atoms with van der Waals surface area (Å²) < 4.78 is 1.92. The Labute approximate surface area is 101 Å². The quantitative estimate of drug-likeness (QED) is 0.818. The first-order chi connectivity index (χ1) is 8.36. The summed E-state index contributed by atoms with van der Waals surface area (Å²) in [5.74, 6) is 0.930. The van der Waals surface area contributed by atoms with Crippen molar-refractivity contribution in [3.05, 3.63) is 16.3 Å². The van der Waals surface area contributed by atoms with Crippen LogP contribution in [0.5, 0.6) is 0 Å². The molecule has 1 aliphatic heterocycles. The lowest BCUT2D eigenvalue weighted by molar-refractivity contribution is 0.332. The van der Waals surface area contributed by atoms with E-state index in [2.05, 4.69) is 15.5 Å². The summed E-state index contributed by atoms with van der Waals surface area (Å²) in [5, 5.41) is 10.3. The van der Waals surface area contributed by atoms with Crippen LogP contribution in [-0.2, 0) is 0 Å². The van der Waals surface area contributed by atoms with Crippen LogP contribution in [0, 0.1) is 0 Å². The molecule has 0 bridgehead atoms. The van der Waals surface area contributed by atoms with Crippen molar-refractivity contribution >= 4 is 0 Å². The minimum atomic E-state index is -0.0272. The highest BCUT2D eigenvalue weighted by Gasteiger charge is 2.27. The van der Waals surface area contributed by atoms with Gasteiger partial charge < -0.3 is 5.32 Å². The Hall–Kier alpha value is -1.10. The maximum atomic E-state index is 11.9. The van der Waals surface area contributed by atoms with Crippen LogP contribution in [-0.4, -0.2) is 21.3 Å².